The van der Waals surface area contributed by atoms with Crippen molar-refractivity contribution in [3.05, 3.63) is 0 Å². The van der Waals surface area contributed by atoms with Gasteiger partial charge in [0, 0.05) is 32.0 Å². The van der Waals surface area contributed by atoms with Crippen LogP contribution in [0.2, 0.25) is 0 Å². The zero-order valence-electron chi connectivity index (χ0n) is 11.3. The van der Waals surface area contributed by atoms with Crippen LogP contribution in [0.4, 0.5) is 0 Å². The molecule has 5 heteroatoms. The number of nitrogens with zero attached hydrogens (tertiary/aromatic N) is 5. The molecule has 3 heterocycles. The summed E-state index contributed by atoms with van der Waals surface area (Å²) in [6.07, 6.45) is 2.28. The predicted molar refractivity (Wildman–Crippen MR) is 74.4 cm³/mol. The third-order valence-corrected chi connectivity index (χ3v) is 3.61. The van der Waals surface area contributed by atoms with Crippen molar-refractivity contribution >= 4 is 17.6 Å². The summed E-state index contributed by atoms with van der Waals surface area (Å²) in [4.78, 5) is 18.5. The first-order valence-electron chi connectivity index (χ1n) is 6.94. The molecule has 0 aromatic carbocycles. The molecular formula is C13H21N5. The molecule has 0 N–H and O–H groups in total. The van der Waals surface area contributed by atoms with Crippen molar-refractivity contribution in [3.63, 3.8) is 0 Å². The van der Waals surface area contributed by atoms with Crippen LogP contribution in [0.5, 0.6) is 0 Å². The fourth-order valence-corrected chi connectivity index (χ4v) is 2.82. The fraction of sp³-hybridized carbons (Fsp3) is 0.769. The van der Waals surface area contributed by atoms with Gasteiger partial charge in [-0.1, -0.05) is 13.8 Å². The molecule has 3 rings (SSSR count). The Morgan fingerprint density at radius 3 is 2.44 bits per heavy atom. The van der Waals surface area contributed by atoms with Crippen LogP contribution in [0.3, 0.4) is 0 Å². The maximum atomic E-state index is 4.68. The molecule has 0 bridgehead atoms. The molecule has 18 heavy (non-hydrogen) atoms. The van der Waals surface area contributed by atoms with Crippen molar-refractivity contribution < 1.29 is 0 Å². The lowest BCUT2D eigenvalue weighted by Gasteiger charge is -2.29. The molecular weight excluding hydrogens is 226 g/mol. The van der Waals surface area contributed by atoms with Gasteiger partial charge in [-0.3, -0.25) is 24.8 Å². The summed E-state index contributed by atoms with van der Waals surface area (Å²) < 4.78 is 0. The summed E-state index contributed by atoms with van der Waals surface area (Å²) in [7, 11) is 0. The number of guanidine groups is 1. The van der Waals surface area contributed by atoms with Gasteiger partial charge in [0.2, 0.25) is 5.96 Å². The third-order valence-electron chi connectivity index (χ3n) is 3.61. The molecule has 0 aliphatic carbocycles. The lowest BCUT2D eigenvalue weighted by atomic mass is 10.2. The molecule has 0 aromatic rings. The number of rotatable bonds is 1. The second kappa shape index (κ2) is 4.71. The van der Waals surface area contributed by atoms with E-state index in [2.05, 4.69) is 38.6 Å². The lowest BCUT2D eigenvalue weighted by molar-refractivity contribution is 0.534. The predicted octanol–water partition coefficient (Wildman–Crippen LogP) is 1.22. The van der Waals surface area contributed by atoms with E-state index in [9.17, 15) is 0 Å². The van der Waals surface area contributed by atoms with E-state index in [1.807, 2.05) is 0 Å². The van der Waals surface area contributed by atoms with Crippen LogP contribution in [0.15, 0.2) is 15.0 Å². The zero-order chi connectivity index (χ0) is 12.5. The average molecular weight is 247 g/mol. The minimum absolute atomic E-state index is 0.461. The Kier molecular flexibility index (Phi) is 3.06. The van der Waals surface area contributed by atoms with Gasteiger partial charge >= 0.3 is 0 Å². The van der Waals surface area contributed by atoms with Crippen LogP contribution in [0, 0.1) is 5.92 Å². The summed E-state index contributed by atoms with van der Waals surface area (Å²) >= 11 is 0. The first-order valence-corrected chi connectivity index (χ1v) is 6.94. The minimum Gasteiger partial charge on any atom is -0.299 e. The smallest absolute Gasteiger partial charge is 0.207 e. The van der Waals surface area contributed by atoms with E-state index in [1.165, 1.54) is 18.1 Å². The van der Waals surface area contributed by atoms with Crippen molar-refractivity contribution in [1.29, 1.82) is 0 Å². The fourth-order valence-electron chi connectivity index (χ4n) is 2.82. The summed E-state index contributed by atoms with van der Waals surface area (Å²) in [6, 6.07) is 0. The van der Waals surface area contributed by atoms with Gasteiger partial charge in [-0.2, -0.15) is 0 Å². The Morgan fingerprint density at radius 2 is 1.72 bits per heavy atom. The highest BCUT2D eigenvalue weighted by molar-refractivity contribution is 6.09. The van der Waals surface area contributed by atoms with Crippen LogP contribution in [-0.2, 0) is 0 Å². The van der Waals surface area contributed by atoms with Gasteiger partial charge in [0.1, 0.15) is 11.7 Å². The number of amidine groups is 2. The molecule has 98 valence electrons. The topological polar surface area (TPSA) is 43.6 Å². The number of aliphatic imine (C=N–C) groups is 3. The Labute approximate surface area is 108 Å². The molecule has 3 aliphatic rings. The van der Waals surface area contributed by atoms with Gasteiger partial charge in [0.15, 0.2) is 0 Å². The number of hydrogen-bond acceptors (Lipinski definition) is 5. The molecule has 0 spiro atoms. The maximum Gasteiger partial charge on any atom is 0.207 e. The Balaban J connectivity index is 1.81. The van der Waals surface area contributed by atoms with Crippen molar-refractivity contribution in [2.24, 2.45) is 20.9 Å². The van der Waals surface area contributed by atoms with Gasteiger partial charge in [0.05, 0.1) is 13.1 Å². The summed E-state index contributed by atoms with van der Waals surface area (Å²) in [5, 5.41) is 0. The largest absolute Gasteiger partial charge is 0.299 e. The van der Waals surface area contributed by atoms with Gasteiger partial charge in [0.25, 0.3) is 0 Å². The zero-order valence-corrected chi connectivity index (χ0v) is 11.3. The standard InChI is InChI=1S/C13H21N5/c1-10(2)12-15-6-9-18(12)13-16-7-8-17(13)11-4-3-5-14-11/h10H,3-9H2,1-2H3. The van der Waals surface area contributed by atoms with Crippen molar-refractivity contribution in [2.75, 3.05) is 32.7 Å². The van der Waals surface area contributed by atoms with Crippen LogP contribution < -0.4 is 0 Å². The van der Waals surface area contributed by atoms with Crippen LogP contribution in [0.1, 0.15) is 26.7 Å². The molecule has 3 aliphatic heterocycles. The van der Waals surface area contributed by atoms with Crippen LogP contribution >= 0.6 is 0 Å². The number of hydrogen-bond donors (Lipinski definition) is 0. The molecule has 0 fully saturated rings. The summed E-state index contributed by atoms with van der Waals surface area (Å²) in [5.74, 6) is 3.95. The lowest BCUT2D eigenvalue weighted by Crippen LogP contribution is -2.47. The Hall–Kier alpha value is -1.39. The van der Waals surface area contributed by atoms with E-state index in [0.29, 0.717) is 5.92 Å². The molecule has 0 unspecified atom stereocenters. The van der Waals surface area contributed by atoms with E-state index >= 15 is 0 Å². The highest BCUT2D eigenvalue weighted by Crippen LogP contribution is 2.19. The highest BCUT2D eigenvalue weighted by Gasteiger charge is 2.32. The van der Waals surface area contributed by atoms with E-state index < -0.39 is 0 Å². The normalized spacial score (nSPS) is 23.8. The second-order valence-electron chi connectivity index (χ2n) is 5.28. The van der Waals surface area contributed by atoms with Crippen LogP contribution in [-0.4, -0.2) is 60.2 Å². The molecule has 0 saturated carbocycles. The molecule has 0 aromatic heterocycles. The SMILES string of the molecule is CC(C)C1=NCCN1C1=NCCN1C1=NCCC1. The van der Waals surface area contributed by atoms with Crippen molar-refractivity contribution in [3.8, 4) is 0 Å². The Morgan fingerprint density at radius 1 is 0.944 bits per heavy atom. The van der Waals surface area contributed by atoms with Gasteiger partial charge in [-0.05, 0) is 6.42 Å². The molecule has 0 amide bonds. The van der Waals surface area contributed by atoms with Gasteiger partial charge < -0.3 is 0 Å². The monoisotopic (exact) mass is 247 g/mol. The summed E-state index contributed by atoms with van der Waals surface area (Å²) in [6.45, 7) is 9.10. The molecule has 0 atom stereocenters. The van der Waals surface area contributed by atoms with E-state index in [0.717, 1.165) is 45.1 Å². The van der Waals surface area contributed by atoms with E-state index in [-0.39, 0.29) is 0 Å². The third kappa shape index (κ3) is 1.91. The molecule has 0 radical (unpaired) electrons. The first-order chi connectivity index (χ1) is 8.77. The van der Waals surface area contributed by atoms with Gasteiger partial charge in [-0.15, -0.1) is 0 Å². The van der Waals surface area contributed by atoms with Crippen molar-refractivity contribution in [2.45, 2.75) is 26.7 Å². The quantitative estimate of drug-likeness (QED) is 0.699. The molecule has 0 saturated heterocycles. The van der Waals surface area contributed by atoms with Crippen LogP contribution in [0.25, 0.3) is 0 Å². The maximum absolute atomic E-state index is 4.68. The second-order valence-corrected chi connectivity index (χ2v) is 5.28. The summed E-state index contributed by atoms with van der Waals surface area (Å²) in [5.41, 5.74) is 0. The van der Waals surface area contributed by atoms with Crippen molar-refractivity contribution in [1.82, 2.24) is 9.80 Å². The Bertz CT molecular complexity index is 421. The first kappa shape index (κ1) is 11.7. The highest BCUT2D eigenvalue weighted by atomic mass is 15.5. The molecule has 5 nitrogen and oxygen atoms in total. The minimum atomic E-state index is 0.461. The van der Waals surface area contributed by atoms with E-state index in [1.54, 1.807) is 0 Å². The van der Waals surface area contributed by atoms with E-state index in [4.69, 9.17) is 0 Å². The average Bonchev–Trinajstić information content (AvgIpc) is 3.10. The van der Waals surface area contributed by atoms with Gasteiger partial charge in [-0.25, -0.2) is 0 Å².